The third-order valence-corrected chi connectivity index (χ3v) is 3.40. The second kappa shape index (κ2) is 3.57. The Bertz CT molecular complexity index is 270. The number of nitrogens with one attached hydrogen (secondary N) is 1. The summed E-state index contributed by atoms with van der Waals surface area (Å²) >= 11 is 0. The minimum Gasteiger partial charge on any atom is -0.365 e. The van der Waals surface area contributed by atoms with E-state index < -0.39 is 0 Å². The summed E-state index contributed by atoms with van der Waals surface area (Å²) < 4.78 is 0. The largest absolute Gasteiger partial charge is 0.365 e. The molecule has 0 aliphatic heterocycles. The molecule has 1 aliphatic carbocycles. The SMILES string of the molecule is Cc1cc(CC(C)C2CCC2)c[nH]1. The van der Waals surface area contributed by atoms with E-state index in [2.05, 4.69) is 31.1 Å². The summed E-state index contributed by atoms with van der Waals surface area (Å²) in [6.07, 6.45) is 7.80. The summed E-state index contributed by atoms with van der Waals surface area (Å²) in [7, 11) is 0. The molecule has 0 aromatic carbocycles. The topological polar surface area (TPSA) is 15.8 Å². The second-order valence-electron chi connectivity index (χ2n) is 4.56. The Hall–Kier alpha value is -0.720. The van der Waals surface area contributed by atoms with Gasteiger partial charge in [0.15, 0.2) is 0 Å². The molecule has 1 nitrogen and oxygen atoms in total. The summed E-state index contributed by atoms with van der Waals surface area (Å²) in [5.74, 6) is 1.89. The quantitative estimate of drug-likeness (QED) is 0.729. The first-order chi connectivity index (χ1) is 6.25. The van der Waals surface area contributed by atoms with Crippen molar-refractivity contribution in [2.45, 2.75) is 39.5 Å². The fourth-order valence-electron chi connectivity index (χ4n) is 2.23. The molecule has 0 bridgehead atoms. The monoisotopic (exact) mass is 177 g/mol. The molecular weight excluding hydrogens is 158 g/mol. The summed E-state index contributed by atoms with van der Waals surface area (Å²) in [6, 6.07) is 2.27. The zero-order valence-electron chi connectivity index (χ0n) is 8.64. The molecule has 72 valence electrons. The summed E-state index contributed by atoms with van der Waals surface area (Å²) in [5, 5.41) is 0. The molecule has 2 rings (SSSR count). The van der Waals surface area contributed by atoms with E-state index in [1.807, 2.05) is 0 Å². The van der Waals surface area contributed by atoms with Gasteiger partial charge < -0.3 is 4.98 Å². The van der Waals surface area contributed by atoms with Crippen molar-refractivity contribution in [3.8, 4) is 0 Å². The standard InChI is InChI=1S/C12H19N/c1-9(12-4-3-5-12)6-11-7-10(2)13-8-11/h7-9,12-13H,3-6H2,1-2H3. The van der Waals surface area contributed by atoms with E-state index >= 15 is 0 Å². The predicted molar refractivity (Wildman–Crippen MR) is 55.7 cm³/mol. The molecule has 13 heavy (non-hydrogen) atoms. The smallest absolute Gasteiger partial charge is 0.0118 e. The molecule has 1 heteroatoms. The second-order valence-corrected chi connectivity index (χ2v) is 4.56. The van der Waals surface area contributed by atoms with Crippen molar-refractivity contribution in [1.82, 2.24) is 4.98 Å². The van der Waals surface area contributed by atoms with Crippen LogP contribution in [0.1, 0.15) is 37.4 Å². The van der Waals surface area contributed by atoms with Gasteiger partial charge in [-0.2, -0.15) is 0 Å². The van der Waals surface area contributed by atoms with Crippen LogP contribution in [0.3, 0.4) is 0 Å². The molecule has 1 aromatic rings. The Balaban J connectivity index is 1.89. The van der Waals surface area contributed by atoms with Gasteiger partial charge in [-0.1, -0.05) is 26.2 Å². The van der Waals surface area contributed by atoms with Crippen LogP contribution in [0, 0.1) is 18.8 Å². The lowest BCUT2D eigenvalue weighted by atomic mass is 9.75. The first-order valence-electron chi connectivity index (χ1n) is 5.39. The van der Waals surface area contributed by atoms with Crippen molar-refractivity contribution in [1.29, 1.82) is 0 Å². The summed E-state index contributed by atoms with van der Waals surface area (Å²) in [4.78, 5) is 3.25. The normalized spacial score (nSPS) is 19.8. The first kappa shape index (κ1) is 8.86. The van der Waals surface area contributed by atoms with Crippen LogP contribution in [0.2, 0.25) is 0 Å². The number of H-pyrrole nitrogens is 1. The molecule has 1 aliphatic rings. The average Bonchev–Trinajstić information content (AvgIpc) is 2.31. The van der Waals surface area contributed by atoms with E-state index in [1.54, 1.807) is 0 Å². The molecule has 0 radical (unpaired) electrons. The van der Waals surface area contributed by atoms with Crippen LogP contribution in [0.15, 0.2) is 12.3 Å². The molecule has 0 saturated heterocycles. The molecule has 1 fully saturated rings. The van der Waals surface area contributed by atoms with Gasteiger partial charge in [-0.3, -0.25) is 0 Å². The Labute approximate surface area is 80.6 Å². The highest BCUT2D eigenvalue weighted by Gasteiger charge is 2.23. The van der Waals surface area contributed by atoms with E-state index in [0.717, 1.165) is 11.8 Å². The van der Waals surface area contributed by atoms with Gasteiger partial charge in [0.2, 0.25) is 0 Å². The van der Waals surface area contributed by atoms with Crippen LogP contribution in [0.25, 0.3) is 0 Å². The maximum Gasteiger partial charge on any atom is 0.0118 e. The molecule has 1 atom stereocenters. The number of aromatic nitrogens is 1. The summed E-state index contributed by atoms with van der Waals surface area (Å²) in [5.41, 5.74) is 2.77. The lowest BCUT2D eigenvalue weighted by Crippen LogP contribution is -2.21. The van der Waals surface area contributed by atoms with Crippen LogP contribution in [0.4, 0.5) is 0 Å². The lowest BCUT2D eigenvalue weighted by molar-refractivity contribution is 0.219. The van der Waals surface area contributed by atoms with E-state index in [9.17, 15) is 0 Å². The third kappa shape index (κ3) is 1.96. The molecule has 0 spiro atoms. The average molecular weight is 177 g/mol. The number of rotatable bonds is 3. The van der Waals surface area contributed by atoms with Crippen molar-refractivity contribution in [3.63, 3.8) is 0 Å². The number of aromatic amines is 1. The highest BCUT2D eigenvalue weighted by Crippen LogP contribution is 2.34. The number of aryl methyl sites for hydroxylation is 1. The molecular formula is C12H19N. The minimum atomic E-state index is 0.879. The van der Waals surface area contributed by atoms with E-state index in [4.69, 9.17) is 0 Å². The van der Waals surface area contributed by atoms with Crippen LogP contribution in [-0.4, -0.2) is 4.98 Å². The van der Waals surface area contributed by atoms with E-state index in [-0.39, 0.29) is 0 Å². The zero-order valence-corrected chi connectivity index (χ0v) is 8.64. The highest BCUT2D eigenvalue weighted by atomic mass is 14.7. The van der Waals surface area contributed by atoms with Gasteiger partial charge in [0.25, 0.3) is 0 Å². The van der Waals surface area contributed by atoms with Crippen molar-refractivity contribution < 1.29 is 0 Å². The minimum absolute atomic E-state index is 0.879. The fourth-order valence-corrected chi connectivity index (χ4v) is 2.23. The number of hydrogen-bond acceptors (Lipinski definition) is 0. The maximum atomic E-state index is 3.25. The van der Waals surface area contributed by atoms with Gasteiger partial charge in [0.1, 0.15) is 0 Å². The van der Waals surface area contributed by atoms with Crippen LogP contribution < -0.4 is 0 Å². The van der Waals surface area contributed by atoms with Gasteiger partial charge >= 0.3 is 0 Å². The third-order valence-electron chi connectivity index (χ3n) is 3.40. The van der Waals surface area contributed by atoms with Crippen LogP contribution in [0.5, 0.6) is 0 Å². The molecule has 0 amide bonds. The van der Waals surface area contributed by atoms with Crippen LogP contribution >= 0.6 is 0 Å². The highest BCUT2D eigenvalue weighted by molar-refractivity contribution is 5.16. The fraction of sp³-hybridized carbons (Fsp3) is 0.667. The zero-order chi connectivity index (χ0) is 9.26. The Morgan fingerprint density at radius 2 is 2.31 bits per heavy atom. The molecule has 1 unspecified atom stereocenters. The first-order valence-corrected chi connectivity index (χ1v) is 5.39. The Kier molecular flexibility index (Phi) is 2.43. The van der Waals surface area contributed by atoms with Crippen LogP contribution in [-0.2, 0) is 6.42 Å². The Morgan fingerprint density at radius 1 is 1.54 bits per heavy atom. The Morgan fingerprint density at radius 3 is 2.77 bits per heavy atom. The van der Waals surface area contributed by atoms with Crippen molar-refractivity contribution in [2.75, 3.05) is 0 Å². The van der Waals surface area contributed by atoms with Crippen molar-refractivity contribution >= 4 is 0 Å². The predicted octanol–water partition coefficient (Wildman–Crippen LogP) is 3.30. The molecule has 1 saturated carbocycles. The lowest BCUT2D eigenvalue weighted by Gasteiger charge is -2.31. The van der Waals surface area contributed by atoms with Gasteiger partial charge in [0, 0.05) is 11.9 Å². The number of hydrogen-bond donors (Lipinski definition) is 1. The summed E-state index contributed by atoms with van der Waals surface area (Å²) in [6.45, 7) is 4.52. The molecule has 1 N–H and O–H groups in total. The van der Waals surface area contributed by atoms with Gasteiger partial charge in [0.05, 0.1) is 0 Å². The van der Waals surface area contributed by atoms with Crippen molar-refractivity contribution in [2.24, 2.45) is 11.8 Å². The molecule has 1 aromatic heterocycles. The van der Waals surface area contributed by atoms with Gasteiger partial charge in [-0.25, -0.2) is 0 Å². The maximum absolute atomic E-state index is 3.25. The van der Waals surface area contributed by atoms with Gasteiger partial charge in [-0.15, -0.1) is 0 Å². The van der Waals surface area contributed by atoms with Gasteiger partial charge in [-0.05, 0) is 36.8 Å². The molecule has 1 heterocycles. The van der Waals surface area contributed by atoms with E-state index in [1.165, 1.54) is 36.9 Å². The van der Waals surface area contributed by atoms with E-state index in [0.29, 0.717) is 0 Å². The van der Waals surface area contributed by atoms with Crippen molar-refractivity contribution in [3.05, 3.63) is 23.5 Å².